The Morgan fingerprint density at radius 2 is 2.17 bits per heavy atom. The number of hydrogen-bond acceptors (Lipinski definition) is 4. The molecule has 0 aliphatic heterocycles. The molecule has 0 saturated heterocycles. The Labute approximate surface area is 138 Å². The van der Waals surface area contributed by atoms with E-state index in [-0.39, 0.29) is 29.8 Å². The van der Waals surface area contributed by atoms with Crippen molar-refractivity contribution in [1.29, 1.82) is 0 Å². The third-order valence-corrected chi connectivity index (χ3v) is 3.17. The van der Waals surface area contributed by atoms with Gasteiger partial charge in [0.2, 0.25) is 11.7 Å². The number of likely N-dealkylation sites (N-methyl/N-ethyl adjacent to an activating group) is 1. The van der Waals surface area contributed by atoms with Crippen molar-refractivity contribution < 1.29 is 22.7 Å². The van der Waals surface area contributed by atoms with Crippen molar-refractivity contribution in [2.75, 3.05) is 13.1 Å². The maximum absolute atomic E-state index is 13.5. The van der Waals surface area contributed by atoms with Crippen LogP contribution >= 0.6 is 0 Å². The number of amides is 1. The Hall–Kier alpha value is -2.70. The molecule has 0 atom stereocenters. The Balaban J connectivity index is 2.03. The molecule has 1 heterocycles. The summed E-state index contributed by atoms with van der Waals surface area (Å²) < 4.78 is 36.9. The van der Waals surface area contributed by atoms with Crippen LogP contribution in [-0.2, 0) is 6.61 Å². The van der Waals surface area contributed by atoms with Gasteiger partial charge >= 0.3 is 0 Å². The minimum absolute atomic E-state index is 0.0911. The lowest BCUT2D eigenvalue weighted by Crippen LogP contribution is -2.32. The molecule has 1 aromatic carbocycles. The van der Waals surface area contributed by atoms with E-state index in [0.717, 1.165) is 11.6 Å². The van der Waals surface area contributed by atoms with E-state index < -0.39 is 11.6 Å². The van der Waals surface area contributed by atoms with Crippen molar-refractivity contribution in [3.05, 3.63) is 59.8 Å². The maximum atomic E-state index is 13.5. The number of ether oxygens (including phenoxy) is 1. The zero-order valence-electron chi connectivity index (χ0n) is 13.5. The van der Waals surface area contributed by atoms with Crippen LogP contribution in [0.1, 0.15) is 30.2 Å². The summed E-state index contributed by atoms with van der Waals surface area (Å²) >= 11 is 0. The lowest BCUT2D eigenvalue weighted by atomic mass is 10.3. The maximum Gasteiger partial charge on any atom is 0.276 e. The van der Waals surface area contributed by atoms with Gasteiger partial charge in [-0.05, 0) is 26.0 Å². The smallest absolute Gasteiger partial charge is 0.276 e. The SMILES string of the molecule is C=C(C)CN(CC)C(=O)c1coc(COc2cccc(F)c2F)n1. The third-order valence-electron chi connectivity index (χ3n) is 3.17. The number of aromatic nitrogens is 1. The molecular weight excluding hydrogens is 318 g/mol. The summed E-state index contributed by atoms with van der Waals surface area (Å²) in [6.45, 7) is 8.14. The number of oxazole rings is 1. The molecule has 0 radical (unpaired) electrons. The normalized spacial score (nSPS) is 10.5. The first-order valence-electron chi connectivity index (χ1n) is 7.37. The lowest BCUT2D eigenvalue weighted by molar-refractivity contribution is 0.0772. The molecule has 2 rings (SSSR count). The van der Waals surface area contributed by atoms with Gasteiger partial charge in [0, 0.05) is 13.1 Å². The van der Waals surface area contributed by atoms with Crippen LogP contribution in [0.2, 0.25) is 0 Å². The van der Waals surface area contributed by atoms with E-state index in [1.165, 1.54) is 18.4 Å². The molecule has 0 N–H and O–H groups in total. The first-order chi connectivity index (χ1) is 11.4. The Morgan fingerprint density at radius 3 is 2.83 bits per heavy atom. The van der Waals surface area contributed by atoms with Gasteiger partial charge in [0.1, 0.15) is 6.26 Å². The Morgan fingerprint density at radius 1 is 1.42 bits per heavy atom. The highest BCUT2D eigenvalue weighted by atomic mass is 19.2. The minimum Gasteiger partial charge on any atom is -0.481 e. The molecule has 2 aromatic rings. The summed E-state index contributed by atoms with van der Waals surface area (Å²) in [4.78, 5) is 17.9. The van der Waals surface area contributed by atoms with E-state index >= 15 is 0 Å². The average Bonchev–Trinajstić information content (AvgIpc) is 3.02. The summed E-state index contributed by atoms with van der Waals surface area (Å²) in [5, 5.41) is 0. The fourth-order valence-corrected chi connectivity index (χ4v) is 2.03. The fraction of sp³-hybridized carbons (Fsp3) is 0.294. The molecule has 24 heavy (non-hydrogen) atoms. The molecule has 0 spiro atoms. The van der Waals surface area contributed by atoms with Crippen molar-refractivity contribution in [2.24, 2.45) is 0 Å². The molecular formula is C17H18F2N2O3. The fourth-order valence-electron chi connectivity index (χ4n) is 2.03. The largest absolute Gasteiger partial charge is 0.481 e. The molecule has 5 nitrogen and oxygen atoms in total. The molecule has 0 aliphatic carbocycles. The van der Waals surface area contributed by atoms with Gasteiger partial charge in [-0.3, -0.25) is 4.79 Å². The highest BCUT2D eigenvalue weighted by Crippen LogP contribution is 2.20. The van der Waals surface area contributed by atoms with Crippen molar-refractivity contribution in [2.45, 2.75) is 20.5 Å². The number of carbonyl (C=O) groups is 1. The quantitative estimate of drug-likeness (QED) is 0.725. The molecule has 1 amide bonds. The van der Waals surface area contributed by atoms with Gasteiger partial charge in [-0.2, -0.15) is 4.39 Å². The third kappa shape index (κ3) is 4.18. The highest BCUT2D eigenvalue weighted by molar-refractivity contribution is 5.92. The van der Waals surface area contributed by atoms with Gasteiger partial charge in [0.05, 0.1) is 0 Å². The number of hydrogen-bond donors (Lipinski definition) is 0. The van der Waals surface area contributed by atoms with E-state index in [9.17, 15) is 13.6 Å². The van der Waals surface area contributed by atoms with Crippen LogP contribution in [0.5, 0.6) is 5.75 Å². The second kappa shape index (κ2) is 7.72. The van der Waals surface area contributed by atoms with Crippen molar-refractivity contribution in [3.8, 4) is 5.75 Å². The Bertz CT molecular complexity index is 743. The summed E-state index contributed by atoms with van der Waals surface area (Å²) in [6, 6.07) is 3.61. The van der Waals surface area contributed by atoms with Crippen LogP contribution in [0, 0.1) is 11.6 Å². The number of nitrogens with zero attached hydrogens (tertiary/aromatic N) is 2. The predicted octanol–water partition coefficient (Wildman–Crippen LogP) is 3.57. The second-order valence-corrected chi connectivity index (χ2v) is 5.24. The first-order valence-corrected chi connectivity index (χ1v) is 7.37. The summed E-state index contributed by atoms with van der Waals surface area (Å²) in [5.74, 6) is -2.55. The minimum atomic E-state index is -1.08. The summed E-state index contributed by atoms with van der Waals surface area (Å²) in [7, 11) is 0. The Kier molecular flexibility index (Phi) is 5.68. The second-order valence-electron chi connectivity index (χ2n) is 5.24. The van der Waals surface area contributed by atoms with E-state index in [2.05, 4.69) is 11.6 Å². The van der Waals surface area contributed by atoms with Crippen LogP contribution < -0.4 is 4.74 Å². The van der Waals surface area contributed by atoms with Crippen LogP contribution in [0.4, 0.5) is 8.78 Å². The molecule has 0 saturated carbocycles. The lowest BCUT2D eigenvalue weighted by Gasteiger charge is -2.19. The molecule has 7 heteroatoms. The van der Waals surface area contributed by atoms with E-state index in [1.54, 1.807) is 4.90 Å². The standard InChI is InChI=1S/C17H18F2N2O3/c1-4-21(8-11(2)3)17(22)13-9-24-15(20-13)10-23-14-7-5-6-12(18)16(14)19/h5-7,9H,2,4,8,10H2,1,3H3. The van der Waals surface area contributed by atoms with Gasteiger partial charge in [-0.15, -0.1) is 0 Å². The van der Waals surface area contributed by atoms with E-state index in [1.807, 2.05) is 13.8 Å². The topological polar surface area (TPSA) is 55.6 Å². The van der Waals surface area contributed by atoms with Gasteiger partial charge in [-0.1, -0.05) is 18.2 Å². The first kappa shape index (κ1) is 17.7. The van der Waals surface area contributed by atoms with E-state index in [4.69, 9.17) is 9.15 Å². The summed E-state index contributed by atoms with van der Waals surface area (Å²) in [5.41, 5.74) is 0.968. The van der Waals surface area contributed by atoms with Crippen LogP contribution in [0.3, 0.4) is 0 Å². The molecule has 128 valence electrons. The van der Waals surface area contributed by atoms with Crippen molar-refractivity contribution in [3.63, 3.8) is 0 Å². The van der Waals surface area contributed by atoms with Gasteiger partial charge in [-0.25, -0.2) is 9.37 Å². The number of halogens is 2. The number of benzene rings is 1. The highest BCUT2D eigenvalue weighted by Gasteiger charge is 2.19. The van der Waals surface area contributed by atoms with Gasteiger partial charge in [0.15, 0.2) is 23.9 Å². The van der Waals surface area contributed by atoms with Crippen LogP contribution in [0.15, 0.2) is 41.0 Å². The molecule has 1 aromatic heterocycles. The zero-order chi connectivity index (χ0) is 17.7. The molecule has 0 aliphatic rings. The van der Waals surface area contributed by atoms with Crippen LogP contribution in [0.25, 0.3) is 0 Å². The van der Waals surface area contributed by atoms with Crippen molar-refractivity contribution in [1.82, 2.24) is 9.88 Å². The summed E-state index contributed by atoms with van der Waals surface area (Å²) in [6.07, 6.45) is 1.21. The average molecular weight is 336 g/mol. The predicted molar refractivity (Wildman–Crippen MR) is 83.6 cm³/mol. The van der Waals surface area contributed by atoms with Crippen LogP contribution in [-0.4, -0.2) is 28.9 Å². The zero-order valence-corrected chi connectivity index (χ0v) is 13.5. The van der Waals surface area contributed by atoms with Gasteiger partial charge < -0.3 is 14.1 Å². The monoisotopic (exact) mass is 336 g/mol. The number of rotatable bonds is 7. The van der Waals surface area contributed by atoms with Crippen molar-refractivity contribution >= 4 is 5.91 Å². The number of carbonyl (C=O) groups excluding carboxylic acids is 1. The molecule has 0 fully saturated rings. The van der Waals surface area contributed by atoms with Gasteiger partial charge in [0.25, 0.3) is 5.91 Å². The molecule has 0 bridgehead atoms. The molecule has 0 unspecified atom stereocenters. The van der Waals surface area contributed by atoms with E-state index in [0.29, 0.717) is 13.1 Å².